The largest absolute Gasteiger partial charge is 0.481 e. The van der Waals surface area contributed by atoms with Crippen LogP contribution in [0.2, 0.25) is 0 Å². The molecule has 0 aliphatic carbocycles. The van der Waals surface area contributed by atoms with E-state index in [1.54, 1.807) is 0 Å². The summed E-state index contributed by atoms with van der Waals surface area (Å²) < 4.78 is 0. The predicted molar refractivity (Wildman–Crippen MR) is 364 cm³/mol. The van der Waals surface area contributed by atoms with Crippen molar-refractivity contribution < 1.29 is 39.6 Å². The van der Waals surface area contributed by atoms with E-state index in [0.29, 0.717) is 25.7 Å². The molecule has 0 saturated carbocycles. The van der Waals surface area contributed by atoms with Crippen molar-refractivity contribution in [3.05, 3.63) is 60.7 Å². The predicted octanol–water partition coefficient (Wildman–Crippen LogP) is 25.6. The van der Waals surface area contributed by atoms with Gasteiger partial charge in [-0.25, -0.2) is 0 Å². The minimum Gasteiger partial charge on any atom is -0.481 e. The maximum absolute atomic E-state index is 10.3. The fraction of sp³-hybridized carbons (Fsp3) is 0.789. The summed E-state index contributed by atoms with van der Waals surface area (Å²) in [5, 5.41) is 34.0. The first-order valence-electron chi connectivity index (χ1n) is 36.0. The van der Waals surface area contributed by atoms with E-state index in [2.05, 4.69) is 76.2 Å². The molecule has 2 rings (SSSR count). The molecule has 0 atom stereocenters. The Morgan fingerprint density at radius 2 is 0.321 bits per heavy atom. The second-order valence-electron chi connectivity index (χ2n) is 24.3. The molecular weight excluding hydrogens is 1040 g/mol. The van der Waals surface area contributed by atoms with Gasteiger partial charge in [-0.15, -0.1) is 0 Å². The van der Waals surface area contributed by atoms with Gasteiger partial charge >= 0.3 is 23.9 Å². The third-order valence-electron chi connectivity index (χ3n) is 15.9. The Bertz CT molecular complexity index is 1380. The van der Waals surface area contributed by atoms with Crippen LogP contribution >= 0.6 is 0 Å². The second kappa shape index (κ2) is 75.4. The van der Waals surface area contributed by atoms with Crippen molar-refractivity contribution in [2.45, 2.75) is 387 Å². The zero-order valence-corrected chi connectivity index (χ0v) is 55.8. The lowest BCUT2D eigenvalue weighted by molar-refractivity contribution is -0.138. The Balaban J connectivity index is -0.000000981. The van der Waals surface area contributed by atoms with Gasteiger partial charge in [-0.05, 0) is 36.8 Å². The SMILES string of the molecule is CCCCCCCCCCCCCCCC(=O)O.CCCCCCCCCCCCCCCC(=O)O.CCCCCCCCCCCCCCCC(=O)O.CCCCCCCCCCCCCCCC(=O)O.c1ccc(-c2ccccc2)cc1. The van der Waals surface area contributed by atoms with Gasteiger partial charge < -0.3 is 20.4 Å². The average Bonchev–Trinajstić information content (AvgIpc) is 3.51. The van der Waals surface area contributed by atoms with Crippen LogP contribution in [0.5, 0.6) is 0 Å². The number of carbonyl (C=O) groups is 4. The molecule has 0 saturated heterocycles. The molecule has 8 nitrogen and oxygen atoms in total. The standard InChI is InChI=1S/4C16H32O2.C12H10/c4*1-2-3-4-5-6-7-8-9-10-11-12-13-14-15-16(17)18;1-3-7-11(8-4-1)12-9-5-2-6-10-12/h4*2-15H2,1H3,(H,17,18);1-10H. The smallest absolute Gasteiger partial charge is 0.303 e. The summed E-state index contributed by atoms with van der Waals surface area (Å²) in [5.74, 6) is -2.62. The first-order valence-corrected chi connectivity index (χ1v) is 36.0. The van der Waals surface area contributed by atoms with E-state index in [9.17, 15) is 19.2 Å². The highest BCUT2D eigenvalue weighted by atomic mass is 16.4. The Hall–Kier alpha value is -3.68. The number of unbranched alkanes of at least 4 members (excludes halogenated alkanes) is 48. The number of benzene rings is 2. The van der Waals surface area contributed by atoms with E-state index >= 15 is 0 Å². The molecule has 0 spiro atoms. The van der Waals surface area contributed by atoms with Crippen LogP contribution in [0, 0.1) is 0 Å². The third kappa shape index (κ3) is 80.4. The summed E-state index contributed by atoms with van der Waals surface area (Å²) in [5.41, 5.74) is 2.55. The Labute approximate surface area is 520 Å². The molecule has 0 aliphatic rings. The molecule has 0 bridgehead atoms. The lowest BCUT2D eigenvalue weighted by Crippen LogP contribution is -1.93. The lowest BCUT2D eigenvalue weighted by Gasteiger charge is -2.02. The average molecular weight is 1180 g/mol. The number of carboxylic acid groups (broad SMARTS) is 4. The molecule has 0 amide bonds. The summed E-state index contributed by atoms with van der Waals surface area (Å²) in [7, 11) is 0. The van der Waals surface area contributed by atoms with Crippen LogP contribution in [0.15, 0.2) is 60.7 Å². The first-order chi connectivity index (χ1) is 41.0. The van der Waals surface area contributed by atoms with Gasteiger partial charge in [-0.3, -0.25) is 19.2 Å². The van der Waals surface area contributed by atoms with Gasteiger partial charge in [-0.2, -0.15) is 0 Å². The van der Waals surface area contributed by atoms with Crippen LogP contribution in [0.1, 0.15) is 387 Å². The van der Waals surface area contributed by atoms with Crippen molar-refractivity contribution in [3.63, 3.8) is 0 Å². The number of carboxylic acids is 4. The number of rotatable bonds is 57. The van der Waals surface area contributed by atoms with E-state index in [0.717, 1.165) is 51.4 Å². The molecule has 2 aromatic rings. The van der Waals surface area contributed by atoms with Crippen LogP contribution in [0.4, 0.5) is 0 Å². The maximum Gasteiger partial charge on any atom is 0.303 e. The fourth-order valence-electron chi connectivity index (χ4n) is 10.4. The highest BCUT2D eigenvalue weighted by Crippen LogP contribution is 2.19. The number of hydrogen-bond donors (Lipinski definition) is 4. The van der Waals surface area contributed by atoms with Crippen molar-refractivity contribution in [3.8, 4) is 11.1 Å². The summed E-state index contributed by atoms with van der Waals surface area (Å²) >= 11 is 0. The molecule has 0 heterocycles. The molecule has 490 valence electrons. The second-order valence-corrected chi connectivity index (χ2v) is 24.3. The van der Waals surface area contributed by atoms with Gasteiger partial charge in [0.05, 0.1) is 0 Å². The van der Waals surface area contributed by atoms with Crippen molar-refractivity contribution >= 4 is 23.9 Å². The number of hydrogen-bond acceptors (Lipinski definition) is 4. The molecule has 4 N–H and O–H groups in total. The van der Waals surface area contributed by atoms with E-state index in [-0.39, 0.29) is 0 Å². The Kier molecular flexibility index (Phi) is 75.9. The van der Waals surface area contributed by atoms with Gasteiger partial charge in [0.2, 0.25) is 0 Å². The highest BCUT2D eigenvalue weighted by Gasteiger charge is 2.01. The van der Waals surface area contributed by atoms with Crippen molar-refractivity contribution in [1.29, 1.82) is 0 Å². The molecule has 0 aromatic heterocycles. The summed E-state index contributed by atoms with van der Waals surface area (Å²) in [4.78, 5) is 41.2. The zero-order chi connectivity index (χ0) is 62.1. The first kappa shape index (κ1) is 84.5. The minimum atomic E-state index is -0.655. The van der Waals surface area contributed by atoms with Crippen LogP contribution in [0.3, 0.4) is 0 Å². The van der Waals surface area contributed by atoms with Gasteiger partial charge in [0.25, 0.3) is 0 Å². The molecule has 2 aromatic carbocycles. The minimum absolute atomic E-state index is 0.345. The van der Waals surface area contributed by atoms with Gasteiger partial charge in [0, 0.05) is 25.7 Å². The summed E-state index contributed by atoms with van der Waals surface area (Å²) in [6.45, 7) is 9.04. The third-order valence-corrected chi connectivity index (χ3v) is 15.9. The quantitative estimate of drug-likeness (QED) is 0.0479. The zero-order valence-electron chi connectivity index (χ0n) is 55.8. The van der Waals surface area contributed by atoms with Crippen molar-refractivity contribution in [1.82, 2.24) is 0 Å². The fourth-order valence-corrected chi connectivity index (χ4v) is 10.4. The van der Waals surface area contributed by atoms with Crippen molar-refractivity contribution in [2.24, 2.45) is 0 Å². The van der Waals surface area contributed by atoms with Crippen LogP contribution < -0.4 is 0 Å². The Morgan fingerprint density at radius 1 is 0.202 bits per heavy atom. The Morgan fingerprint density at radius 3 is 0.440 bits per heavy atom. The van der Waals surface area contributed by atoms with Gasteiger partial charge in [-0.1, -0.05) is 397 Å². The molecule has 0 radical (unpaired) electrons. The maximum atomic E-state index is 10.3. The molecule has 84 heavy (non-hydrogen) atoms. The summed E-state index contributed by atoms with van der Waals surface area (Å²) in [6, 6.07) is 20.8. The van der Waals surface area contributed by atoms with Crippen LogP contribution in [-0.2, 0) is 19.2 Å². The molecular formula is C76H138O8. The highest BCUT2D eigenvalue weighted by molar-refractivity contribution is 5.67. The molecule has 0 unspecified atom stereocenters. The number of aliphatic carboxylic acids is 4. The van der Waals surface area contributed by atoms with Crippen molar-refractivity contribution in [2.75, 3.05) is 0 Å². The van der Waals surface area contributed by atoms with Crippen LogP contribution in [-0.4, -0.2) is 44.3 Å². The molecule has 0 aliphatic heterocycles. The monoisotopic (exact) mass is 1180 g/mol. The van der Waals surface area contributed by atoms with E-state index in [1.165, 1.54) is 294 Å². The van der Waals surface area contributed by atoms with E-state index < -0.39 is 23.9 Å². The van der Waals surface area contributed by atoms with E-state index in [1.807, 2.05) is 12.1 Å². The normalized spacial score (nSPS) is 10.6. The van der Waals surface area contributed by atoms with Crippen LogP contribution in [0.25, 0.3) is 11.1 Å². The topological polar surface area (TPSA) is 149 Å². The summed E-state index contributed by atoms with van der Waals surface area (Å²) in [6.07, 6.45) is 69.1. The molecule has 8 heteroatoms. The lowest BCUT2D eigenvalue weighted by atomic mass is 10.0. The van der Waals surface area contributed by atoms with Gasteiger partial charge in [0.1, 0.15) is 0 Å². The van der Waals surface area contributed by atoms with E-state index in [4.69, 9.17) is 20.4 Å². The molecule has 0 fully saturated rings. The van der Waals surface area contributed by atoms with Gasteiger partial charge in [0.15, 0.2) is 0 Å².